The van der Waals surface area contributed by atoms with Crippen LogP contribution in [0.5, 0.6) is 0 Å². The highest BCUT2D eigenvalue weighted by Gasteiger charge is 2.09. The summed E-state index contributed by atoms with van der Waals surface area (Å²) in [5, 5.41) is 8.10. The molecule has 1 heterocycles. The maximum Gasteiger partial charge on any atom is 0.0808 e. The van der Waals surface area contributed by atoms with Gasteiger partial charge in [0.1, 0.15) is 0 Å². The molecular weight excluding hydrogens is 244 g/mol. The summed E-state index contributed by atoms with van der Waals surface area (Å²) in [6.07, 6.45) is 0. The Morgan fingerprint density at radius 1 is 0.750 bits per heavy atom. The standard InChI is InChI=1S/C18H14N2/c1-19-17-14-8-4-5-9-16(14)20-18-13-7-3-2-6-12(13)10-11-15(17)18/h2-11H,1H3,(H,19,20). The highest BCUT2D eigenvalue weighted by Crippen LogP contribution is 2.33. The van der Waals surface area contributed by atoms with Crippen LogP contribution in [0.2, 0.25) is 0 Å². The lowest BCUT2D eigenvalue weighted by Gasteiger charge is -2.11. The molecule has 0 aliphatic carbocycles. The van der Waals surface area contributed by atoms with E-state index in [2.05, 4.69) is 59.9 Å². The van der Waals surface area contributed by atoms with E-state index in [1.54, 1.807) is 0 Å². The Hall–Kier alpha value is -2.61. The fraction of sp³-hybridized carbons (Fsp3) is 0.0556. The highest BCUT2D eigenvalue weighted by atomic mass is 14.8. The number of aromatic nitrogens is 1. The van der Waals surface area contributed by atoms with Gasteiger partial charge in [-0.05, 0) is 11.5 Å². The summed E-state index contributed by atoms with van der Waals surface area (Å²) >= 11 is 0. The van der Waals surface area contributed by atoms with Crippen molar-refractivity contribution >= 4 is 38.3 Å². The van der Waals surface area contributed by atoms with Gasteiger partial charge in [0, 0.05) is 23.2 Å². The number of nitrogens with zero attached hydrogens (tertiary/aromatic N) is 1. The Kier molecular flexibility index (Phi) is 2.36. The van der Waals surface area contributed by atoms with Crippen molar-refractivity contribution < 1.29 is 0 Å². The monoisotopic (exact) mass is 258 g/mol. The maximum atomic E-state index is 4.87. The van der Waals surface area contributed by atoms with Crippen molar-refractivity contribution in [3.8, 4) is 0 Å². The summed E-state index contributed by atoms with van der Waals surface area (Å²) < 4.78 is 0. The first-order chi connectivity index (χ1) is 9.88. The summed E-state index contributed by atoms with van der Waals surface area (Å²) in [5.41, 5.74) is 3.24. The second-order valence-electron chi connectivity index (χ2n) is 4.94. The van der Waals surface area contributed by atoms with E-state index in [4.69, 9.17) is 4.98 Å². The molecule has 0 spiro atoms. The average Bonchev–Trinajstić information content (AvgIpc) is 2.52. The second kappa shape index (κ2) is 4.20. The Morgan fingerprint density at radius 2 is 1.50 bits per heavy atom. The van der Waals surface area contributed by atoms with Crippen molar-refractivity contribution in [1.82, 2.24) is 4.98 Å². The molecule has 3 aromatic carbocycles. The number of benzene rings is 3. The molecule has 0 fully saturated rings. The van der Waals surface area contributed by atoms with Gasteiger partial charge in [0.05, 0.1) is 16.7 Å². The molecule has 2 nitrogen and oxygen atoms in total. The van der Waals surface area contributed by atoms with Crippen molar-refractivity contribution in [2.24, 2.45) is 0 Å². The van der Waals surface area contributed by atoms with Crippen LogP contribution < -0.4 is 5.32 Å². The number of pyridine rings is 1. The molecule has 4 rings (SSSR count). The molecule has 0 unspecified atom stereocenters. The molecule has 0 amide bonds. The number of hydrogen-bond acceptors (Lipinski definition) is 2. The predicted octanol–water partition coefficient (Wildman–Crippen LogP) is 4.58. The molecule has 0 saturated heterocycles. The maximum absolute atomic E-state index is 4.87. The van der Waals surface area contributed by atoms with Gasteiger partial charge in [0.2, 0.25) is 0 Å². The summed E-state index contributed by atoms with van der Waals surface area (Å²) in [6.45, 7) is 0. The molecule has 1 aromatic heterocycles. The lowest BCUT2D eigenvalue weighted by molar-refractivity contribution is 1.49. The number of hydrogen-bond donors (Lipinski definition) is 1. The minimum atomic E-state index is 1.03. The van der Waals surface area contributed by atoms with Gasteiger partial charge in [0.15, 0.2) is 0 Å². The number of anilines is 1. The summed E-state index contributed by atoms with van der Waals surface area (Å²) in [4.78, 5) is 4.87. The fourth-order valence-electron chi connectivity index (χ4n) is 2.89. The number of para-hydroxylation sites is 1. The Bertz CT molecular complexity index is 942. The van der Waals surface area contributed by atoms with E-state index in [9.17, 15) is 0 Å². The van der Waals surface area contributed by atoms with Crippen LogP contribution in [0.1, 0.15) is 0 Å². The zero-order valence-corrected chi connectivity index (χ0v) is 11.2. The van der Waals surface area contributed by atoms with Gasteiger partial charge < -0.3 is 5.32 Å². The lowest BCUT2D eigenvalue weighted by atomic mass is 10.0. The summed E-state index contributed by atoms with van der Waals surface area (Å²) in [5.74, 6) is 0. The van der Waals surface area contributed by atoms with Crippen LogP contribution in [0.15, 0.2) is 60.7 Å². The predicted molar refractivity (Wildman–Crippen MR) is 86.3 cm³/mol. The van der Waals surface area contributed by atoms with Crippen LogP contribution in [-0.2, 0) is 0 Å². The zero-order chi connectivity index (χ0) is 13.5. The van der Waals surface area contributed by atoms with E-state index < -0.39 is 0 Å². The van der Waals surface area contributed by atoms with Crippen LogP contribution in [-0.4, -0.2) is 12.0 Å². The van der Waals surface area contributed by atoms with Crippen molar-refractivity contribution in [2.75, 3.05) is 12.4 Å². The van der Waals surface area contributed by atoms with Gasteiger partial charge in [-0.15, -0.1) is 0 Å². The van der Waals surface area contributed by atoms with Gasteiger partial charge >= 0.3 is 0 Å². The zero-order valence-electron chi connectivity index (χ0n) is 11.2. The molecule has 0 saturated carbocycles. The van der Waals surface area contributed by atoms with E-state index in [1.807, 2.05) is 13.1 Å². The quantitative estimate of drug-likeness (QED) is 0.399. The fourth-order valence-corrected chi connectivity index (χ4v) is 2.89. The third-order valence-corrected chi connectivity index (χ3v) is 3.83. The van der Waals surface area contributed by atoms with Gasteiger partial charge in [-0.1, -0.05) is 54.6 Å². The second-order valence-corrected chi connectivity index (χ2v) is 4.94. The normalized spacial score (nSPS) is 11.2. The molecule has 20 heavy (non-hydrogen) atoms. The SMILES string of the molecule is CNc1c2ccccc2nc2c1ccc1ccccc12. The minimum Gasteiger partial charge on any atom is -0.387 e. The molecular formula is C18H14N2. The van der Waals surface area contributed by atoms with Crippen LogP contribution in [0.3, 0.4) is 0 Å². The molecule has 2 heteroatoms. The largest absolute Gasteiger partial charge is 0.387 e. The minimum absolute atomic E-state index is 1.03. The number of rotatable bonds is 1. The molecule has 0 atom stereocenters. The topological polar surface area (TPSA) is 24.9 Å². The molecule has 0 bridgehead atoms. The van der Waals surface area contributed by atoms with Crippen LogP contribution in [0.25, 0.3) is 32.6 Å². The van der Waals surface area contributed by atoms with Gasteiger partial charge in [-0.2, -0.15) is 0 Å². The van der Waals surface area contributed by atoms with Crippen molar-refractivity contribution in [3.05, 3.63) is 60.7 Å². The first-order valence-corrected chi connectivity index (χ1v) is 6.76. The van der Waals surface area contributed by atoms with Crippen LogP contribution in [0, 0.1) is 0 Å². The number of nitrogens with one attached hydrogen (secondary N) is 1. The van der Waals surface area contributed by atoms with Gasteiger partial charge in [0.25, 0.3) is 0 Å². The van der Waals surface area contributed by atoms with Crippen molar-refractivity contribution in [2.45, 2.75) is 0 Å². The molecule has 0 aliphatic heterocycles. The first-order valence-electron chi connectivity index (χ1n) is 6.76. The van der Waals surface area contributed by atoms with E-state index in [0.717, 1.165) is 22.1 Å². The smallest absolute Gasteiger partial charge is 0.0808 e. The van der Waals surface area contributed by atoms with Crippen molar-refractivity contribution in [3.63, 3.8) is 0 Å². The molecule has 96 valence electrons. The summed E-state index contributed by atoms with van der Waals surface area (Å²) in [6, 6.07) is 21.0. The average molecular weight is 258 g/mol. The van der Waals surface area contributed by atoms with Crippen LogP contribution >= 0.6 is 0 Å². The number of fused-ring (bicyclic) bond motifs is 4. The first kappa shape index (κ1) is 11.2. The Labute approximate surface area is 117 Å². The molecule has 0 radical (unpaired) electrons. The Morgan fingerprint density at radius 3 is 2.35 bits per heavy atom. The third kappa shape index (κ3) is 1.48. The third-order valence-electron chi connectivity index (χ3n) is 3.83. The van der Waals surface area contributed by atoms with E-state index in [1.165, 1.54) is 16.2 Å². The highest BCUT2D eigenvalue weighted by molar-refractivity contribution is 6.15. The van der Waals surface area contributed by atoms with Crippen molar-refractivity contribution in [1.29, 1.82) is 0 Å². The van der Waals surface area contributed by atoms with E-state index in [0.29, 0.717) is 0 Å². The van der Waals surface area contributed by atoms with E-state index in [-0.39, 0.29) is 0 Å². The van der Waals surface area contributed by atoms with Crippen LogP contribution in [0.4, 0.5) is 5.69 Å². The van der Waals surface area contributed by atoms with Gasteiger partial charge in [-0.25, -0.2) is 4.98 Å². The Balaban J connectivity index is 2.30. The molecule has 4 aromatic rings. The van der Waals surface area contributed by atoms with Gasteiger partial charge in [-0.3, -0.25) is 0 Å². The molecule has 1 N–H and O–H groups in total. The lowest BCUT2D eigenvalue weighted by Crippen LogP contribution is -1.94. The van der Waals surface area contributed by atoms with E-state index >= 15 is 0 Å². The summed E-state index contributed by atoms with van der Waals surface area (Å²) in [7, 11) is 1.97. The molecule has 0 aliphatic rings.